The number of cyclic esters (lactones) is 2. The molecular formula is C24H21I2NO5. The van der Waals surface area contributed by atoms with Crippen molar-refractivity contribution >= 4 is 68.0 Å². The second-order valence-corrected chi connectivity index (χ2v) is 10.2. The molecule has 2 heterocycles. The van der Waals surface area contributed by atoms with Crippen molar-refractivity contribution in [3.05, 3.63) is 73.5 Å². The van der Waals surface area contributed by atoms with Gasteiger partial charge in [0.1, 0.15) is 12.4 Å². The van der Waals surface area contributed by atoms with Crippen molar-refractivity contribution in [2.45, 2.75) is 25.6 Å². The van der Waals surface area contributed by atoms with Gasteiger partial charge in [0, 0.05) is 36.9 Å². The van der Waals surface area contributed by atoms with Crippen LogP contribution in [0, 0.1) is 13.1 Å². The minimum atomic E-state index is -1.29. The van der Waals surface area contributed by atoms with Gasteiger partial charge >= 0.3 is 11.9 Å². The molecule has 0 unspecified atom stereocenters. The van der Waals surface area contributed by atoms with E-state index < -0.39 is 29.6 Å². The van der Waals surface area contributed by atoms with E-state index in [-0.39, 0.29) is 0 Å². The Bertz CT molecular complexity index is 1170. The largest absolute Gasteiger partial charge is 0.487 e. The fourth-order valence-electron chi connectivity index (χ4n) is 3.94. The summed E-state index contributed by atoms with van der Waals surface area (Å²) in [6, 6.07) is 11.7. The number of carbonyl (C=O) groups is 2. The van der Waals surface area contributed by atoms with Crippen LogP contribution in [0.25, 0.3) is 10.9 Å². The van der Waals surface area contributed by atoms with Crippen molar-refractivity contribution in [3.8, 4) is 5.75 Å². The Morgan fingerprint density at radius 1 is 1.16 bits per heavy atom. The monoisotopic (exact) mass is 657 g/mol. The molecule has 0 aliphatic carbocycles. The lowest BCUT2D eigenvalue weighted by atomic mass is 9.80. The van der Waals surface area contributed by atoms with Gasteiger partial charge in [0.15, 0.2) is 5.92 Å². The molecule has 166 valence electrons. The number of ether oxygens (including phenoxy) is 3. The van der Waals surface area contributed by atoms with Crippen molar-refractivity contribution < 1.29 is 23.8 Å². The Balaban J connectivity index is 1.88. The molecule has 32 heavy (non-hydrogen) atoms. The van der Waals surface area contributed by atoms with E-state index in [9.17, 15) is 9.59 Å². The van der Waals surface area contributed by atoms with Crippen LogP contribution >= 0.6 is 45.2 Å². The Kier molecular flexibility index (Phi) is 6.53. The molecule has 0 radical (unpaired) electrons. The van der Waals surface area contributed by atoms with E-state index in [0.717, 1.165) is 34.9 Å². The first-order valence-corrected chi connectivity index (χ1v) is 12.1. The molecule has 1 N–H and O–H groups in total. The third-order valence-electron chi connectivity index (χ3n) is 5.22. The van der Waals surface area contributed by atoms with Gasteiger partial charge in [-0.15, -0.1) is 0 Å². The predicted molar refractivity (Wildman–Crippen MR) is 137 cm³/mol. The second kappa shape index (κ2) is 9.05. The van der Waals surface area contributed by atoms with Crippen molar-refractivity contribution in [1.29, 1.82) is 0 Å². The molecule has 4 rings (SSSR count). The van der Waals surface area contributed by atoms with E-state index in [2.05, 4.69) is 56.7 Å². The number of benzene rings is 2. The molecule has 1 saturated heterocycles. The van der Waals surface area contributed by atoms with Crippen LogP contribution in [-0.2, 0) is 19.1 Å². The number of esters is 2. The molecular weight excluding hydrogens is 636 g/mol. The zero-order chi connectivity index (χ0) is 23.0. The first-order valence-electron chi connectivity index (χ1n) is 9.96. The fourth-order valence-corrected chi connectivity index (χ4v) is 6.07. The zero-order valence-electron chi connectivity index (χ0n) is 17.5. The predicted octanol–water partition coefficient (Wildman–Crippen LogP) is 5.53. The van der Waals surface area contributed by atoms with Crippen LogP contribution in [0.4, 0.5) is 0 Å². The molecule has 3 aromatic rings. The van der Waals surface area contributed by atoms with E-state index >= 15 is 0 Å². The lowest BCUT2D eigenvalue weighted by Crippen LogP contribution is -2.48. The average molecular weight is 657 g/mol. The van der Waals surface area contributed by atoms with Crippen molar-refractivity contribution in [3.63, 3.8) is 0 Å². The van der Waals surface area contributed by atoms with E-state index in [4.69, 9.17) is 14.2 Å². The lowest BCUT2D eigenvalue weighted by Gasteiger charge is -2.36. The van der Waals surface area contributed by atoms with Crippen molar-refractivity contribution in [2.24, 2.45) is 5.92 Å². The molecule has 1 aliphatic heterocycles. The normalized spacial score (nSPS) is 17.0. The summed E-state index contributed by atoms with van der Waals surface area (Å²) in [6.45, 7) is 7.19. The van der Waals surface area contributed by atoms with Gasteiger partial charge in [-0.25, -0.2) is 0 Å². The summed E-state index contributed by atoms with van der Waals surface area (Å²) in [6.07, 6.45) is 3.53. The topological polar surface area (TPSA) is 77.6 Å². The Hall–Kier alpha value is -2.08. The van der Waals surface area contributed by atoms with Gasteiger partial charge in [0.2, 0.25) is 0 Å². The number of halogens is 2. The summed E-state index contributed by atoms with van der Waals surface area (Å²) in [5, 5.41) is 0.930. The minimum Gasteiger partial charge on any atom is -0.487 e. The molecule has 0 amide bonds. The smallest absolute Gasteiger partial charge is 0.324 e. The molecule has 1 atom stereocenters. The van der Waals surface area contributed by atoms with Gasteiger partial charge in [-0.2, -0.15) is 0 Å². The Morgan fingerprint density at radius 3 is 2.41 bits per heavy atom. The maximum absolute atomic E-state index is 13.1. The van der Waals surface area contributed by atoms with Gasteiger partial charge in [-0.1, -0.05) is 30.9 Å². The number of nitrogens with one attached hydrogen (secondary N) is 1. The third kappa shape index (κ3) is 4.39. The summed E-state index contributed by atoms with van der Waals surface area (Å²) < 4.78 is 18.5. The highest BCUT2D eigenvalue weighted by molar-refractivity contribution is 14.1. The van der Waals surface area contributed by atoms with Crippen LogP contribution in [0.2, 0.25) is 0 Å². The first-order chi connectivity index (χ1) is 15.2. The summed E-state index contributed by atoms with van der Waals surface area (Å²) >= 11 is 4.41. The van der Waals surface area contributed by atoms with Crippen LogP contribution in [0.5, 0.6) is 5.75 Å². The molecule has 0 spiro atoms. The first kappa shape index (κ1) is 23.1. The van der Waals surface area contributed by atoms with Gasteiger partial charge in [-0.05, 0) is 74.5 Å². The van der Waals surface area contributed by atoms with Crippen molar-refractivity contribution in [2.75, 3.05) is 6.61 Å². The van der Waals surface area contributed by atoms with Crippen LogP contribution in [-0.4, -0.2) is 29.3 Å². The van der Waals surface area contributed by atoms with Crippen LogP contribution in [0.1, 0.15) is 30.9 Å². The molecule has 6 nitrogen and oxygen atoms in total. The number of hydrogen-bond acceptors (Lipinski definition) is 5. The minimum absolute atomic E-state index is 0.383. The Morgan fingerprint density at radius 2 is 1.78 bits per heavy atom. The highest BCUT2D eigenvalue weighted by Crippen LogP contribution is 2.43. The van der Waals surface area contributed by atoms with Crippen LogP contribution in [0.15, 0.2) is 55.3 Å². The molecule has 8 heteroatoms. The van der Waals surface area contributed by atoms with Crippen molar-refractivity contribution in [1.82, 2.24) is 4.98 Å². The zero-order valence-corrected chi connectivity index (χ0v) is 21.8. The summed E-state index contributed by atoms with van der Waals surface area (Å²) in [4.78, 5) is 29.4. The Labute approximate surface area is 213 Å². The van der Waals surface area contributed by atoms with E-state index in [1.807, 2.05) is 42.6 Å². The SMILES string of the molecule is C=CCOc1c(I)cc([C@H](c2c[nH]c3ccccc23)C2C(=O)OC(C)(C)OC2=O)cc1I. The summed E-state index contributed by atoms with van der Waals surface area (Å²) in [5.74, 6) is -3.48. The second-order valence-electron chi connectivity index (χ2n) is 7.90. The average Bonchev–Trinajstić information content (AvgIpc) is 3.13. The molecule has 1 aliphatic rings. The van der Waals surface area contributed by atoms with E-state index in [1.165, 1.54) is 0 Å². The number of aromatic amines is 1. The number of aromatic nitrogens is 1. The number of hydrogen-bond donors (Lipinski definition) is 1. The quantitative estimate of drug-likeness (QED) is 0.164. The van der Waals surface area contributed by atoms with Gasteiger partial charge in [-0.3, -0.25) is 9.59 Å². The third-order valence-corrected chi connectivity index (χ3v) is 6.82. The fraction of sp³-hybridized carbons (Fsp3) is 0.250. The van der Waals surface area contributed by atoms with Gasteiger partial charge in [0.25, 0.3) is 5.79 Å². The maximum atomic E-state index is 13.1. The lowest BCUT2D eigenvalue weighted by molar-refractivity contribution is -0.240. The molecule has 0 saturated carbocycles. The van der Waals surface area contributed by atoms with Crippen LogP contribution in [0.3, 0.4) is 0 Å². The number of carbonyl (C=O) groups excluding carboxylic acids is 2. The number of rotatable bonds is 6. The standard InChI is InChI=1S/C24H21I2NO5/c1-4-9-30-21-16(25)10-13(11-17(21)26)19(15-12-27-18-8-6-5-7-14(15)18)20-22(28)31-24(2,3)32-23(20)29/h4-8,10-12,19-20,27H,1,9H2,2-3H3/t19-/m1/s1. The summed E-state index contributed by atoms with van der Waals surface area (Å²) in [7, 11) is 0. The molecule has 2 aromatic carbocycles. The molecule has 1 fully saturated rings. The number of H-pyrrole nitrogens is 1. The number of para-hydroxylation sites is 1. The highest BCUT2D eigenvalue weighted by atomic mass is 127. The van der Waals surface area contributed by atoms with E-state index in [0.29, 0.717) is 6.61 Å². The maximum Gasteiger partial charge on any atom is 0.324 e. The molecule has 0 bridgehead atoms. The van der Waals surface area contributed by atoms with Gasteiger partial charge < -0.3 is 19.2 Å². The van der Waals surface area contributed by atoms with E-state index in [1.54, 1.807) is 19.9 Å². The highest BCUT2D eigenvalue weighted by Gasteiger charge is 2.48. The summed E-state index contributed by atoms with van der Waals surface area (Å²) in [5.41, 5.74) is 2.54. The number of fused-ring (bicyclic) bond motifs is 1. The van der Waals surface area contributed by atoms with Crippen LogP contribution < -0.4 is 4.74 Å². The molecule has 1 aromatic heterocycles. The van der Waals surface area contributed by atoms with Gasteiger partial charge in [0.05, 0.1) is 7.14 Å².